The van der Waals surface area contributed by atoms with Gasteiger partial charge in [0.15, 0.2) is 0 Å². The van der Waals surface area contributed by atoms with Gasteiger partial charge in [-0.3, -0.25) is 4.79 Å². The fourth-order valence-electron chi connectivity index (χ4n) is 1.85. The van der Waals surface area contributed by atoms with Crippen molar-refractivity contribution in [3.8, 4) is 0 Å². The van der Waals surface area contributed by atoms with Crippen molar-refractivity contribution in [2.24, 2.45) is 0 Å². The molecule has 0 aliphatic heterocycles. The van der Waals surface area contributed by atoms with E-state index in [1.54, 1.807) is 0 Å². The third-order valence-corrected chi connectivity index (χ3v) is 4.31. The summed E-state index contributed by atoms with van der Waals surface area (Å²) in [7, 11) is 3.00. The van der Waals surface area contributed by atoms with E-state index in [0.717, 1.165) is 19.3 Å². The van der Waals surface area contributed by atoms with Gasteiger partial charge in [-0.2, -0.15) is 0 Å². The topological polar surface area (TPSA) is 77.4 Å². The van der Waals surface area contributed by atoms with Crippen molar-refractivity contribution < 1.29 is 17.9 Å². The standard InChI is InChI=1S/C13H21ClN2O4S/c1-3-4-5-6-15-13(17)12-9-11(21(14,18)19)10-16(12)7-8-20-2/h9-10H,3-8H2,1-2H3,(H,15,17). The number of rotatable bonds is 9. The lowest BCUT2D eigenvalue weighted by molar-refractivity contribution is 0.0941. The van der Waals surface area contributed by atoms with Crippen molar-refractivity contribution in [3.63, 3.8) is 0 Å². The van der Waals surface area contributed by atoms with Crippen LogP contribution in [0.5, 0.6) is 0 Å². The summed E-state index contributed by atoms with van der Waals surface area (Å²) in [5.74, 6) is -0.311. The minimum atomic E-state index is -3.86. The van der Waals surface area contributed by atoms with Crippen molar-refractivity contribution in [3.05, 3.63) is 18.0 Å². The Balaban J connectivity index is 2.86. The van der Waals surface area contributed by atoms with Crippen LogP contribution in [0.1, 0.15) is 36.7 Å². The Morgan fingerprint density at radius 2 is 2.14 bits per heavy atom. The molecule has 1 rings (SSSR count). The van der Waals surface area contributed by atoms with Crippen molar-refractivity contribution >= 4 is 25.6 Å². The van der Waals surface area contributed by atoms with E-state index >= 15 is 0 Å². The summed E-state index contributed by atoms with van der Waals surface area (Å²) in [5, 5.41) is 2.78. The Morgan fingerprint density at radius 1 is 1.43 bits per heavy atom. The van der Waals surface area contributed by atoms with E-state index < -0.39 is 9.05 Å². The van der Waals surface area contributed by atoms with Gasteiger partial charge in [-0.25, -0.2) is 8.42 Å². The number of nitrogens with zero attached hydrogens (tertiary/aromatic N) is 1. The summed E-state index contributed by atoms with van der Waals surface area (Å²) < 4.78 is 29.3. The molecule has 0 saturated heterocycles. The molecule has 1 aromatic heterocycles. The van der Waals surface area contributed by atoms with Gasteiger partial charge >= 0.3 is 0 Å². The third-order valence-electron chi connectivity index (χ3n) is 2.99. The molecule has 1 aromatic rings. The zero-order valence-corrected chi connectivity index (χ0v) is 13.8. The first kappa shape index (κ1) is 18.0. The number of unbranched alkanes of at least 4 members (excludes halogenated alkanes) is 2. The minimum Gasteiger partial charge on any atom is -0.383 e. The van der Waals surface area contributed by atoms with E-state index in [-0.39, 0.29) is 16.5 Å². The number of hydrogen-bond acceptors (Lipinski definition) is 4. The van der Waals surface area contributed by atoms with Crippen molar-refractivity contribution in [2.45, 2.75) is 37.6 Å². The average molecular weight is 337 g/mol. The molecule has 0 spiro atoms. The highest BCUT2D eigenvalue weighted by atomic mass is 35.7. The average Bonchev–Trinajstić information content (AvgIpc) is 2.85. The largest absolute Gasteiger partial charge is 0.383 e. The van der Waals surface area contributed by atoms with Crippen molar-refractivity contribution in [2.75, 3.05) is 20.3 Å². The Kier molecular flexibility index (Phi) is 7.21. The smallest absolute Gasteiger partial charge is 0.267 e. The molecule has 0 saturated carbocycles. The molecule has 0 atom stereocenters. The summed E-state index contributed by atoms with van der Waals surface area (Å²) in [5.41, 5.74) is 0.266. The lowest BCUT2D eigenvalue weighted by atomic mass is 10.2. The van der Waals surface area contributed by atoms with Crippen LogP contribution >= 0.6 is 10.7 Å². The van der Waals surface area contributed by atoms with Crippen LogP contribution in [0.2, 0.25) is 0 Å². The van der Waals surface area contributed by atoms with Gasteiger partial charge in [-0.1, -0.05) is 19.8 Å². The second kappa shape index (κ2) is 8.41. The number of hydrogen-bond donors (Lipinski definition) is 1. The fraction of sp³-hybridized carbons (Fsp3) is 0.615. The first-order chi connectivity index (χ1) is 9.90. The van der Waals surface area contributed by atoms with Crippen LogP contribution < -0.4 is 5.32 Å². The molecule has 1 amide bonds. The van der Waals surface area contributed by atoms with Gasteiger partial charge in [0, 0.05) is 37.1 Å². The number of aromatic nitrogens is 1. The highest BCUT2D eigenvalue weighted by Gasteiger charge is 2.19. The Labute approximate surface area is 129 Å². The first-order valence-corrected chi connectivity index (χ1v) is 9.13. The van der Waals surface area contributed by atoms with Crippen LogP contribution in [0, 0.1) is 0 Å². The van der Waals surface area contributed by atoms with Gasteiger partial charge in [-0.15, -0.1) is 0 Å². The monoisotopic (exact) mass is 336 g/mol. The van der Waals surface area contributed by atoms with Gasteiger partial charge in [0.1, 0.15) is 10.6 Å². The van der Waals surface area contributed by atoms with E-state index in [0.29, 0.717) is 19.7 Å². The molecule has 0 aromatic carbocycles. The van der Waals surface area contributed by atoms with Crippen LogP contribution in [0.25, 0.3) is 0 Å². The summed E-state index contributed by atoms with van der Waals surface area (Å²) in [6, 6.07) is 1.28. The van der Waals surface area contributed by atoms with Crippen molar-refractivity contribution in [1.29, 1.82) is 0 Å². The number of nitrogens with one attached hydrogen (secondary N) is 1. The number of carbonyl (C=O) groups excluding carboxylic acids is 1. The lowest BCUT2D eigenvalue weighted by Crippen LogP contribution is -2.27. The molecule has 1 N–H and O–H groups in total. The van der Waals surface area contributed by atoms with Crippen LogP contribution in [-0.4, -0.2) is 39.2 Å². The SMILES string of the molecule is CCCCCNC(=O)c1cc(S(=O)(=O)Cl)cn1CCOC. The highest BCUT2D eigenvalue weighted by Crippen LogP contribution is 2.18. The molecule has 0 unspecified atom stereocenters. The van der Waals surface area contributed by atoms with Gasteiger partial charge in [-0.05, 0) is 12.5 Å². The van der Waals surface area contributed by atoms with Gasteiger partial charge in [0.2, 0.25) is 0 Å². The van der Waals surface area contributed by atoms with Gasteiger partial charge in [0.25, 0.3) is 15.0 Å². The molecule has 0 bridgehead atoms. The molecule has 120 valence electrons. The second-order valence-electron chi connectivity index (χ2n) is 4.65. The highest BCUT2D eigenvalue weighted by molar-refractivity contribution is 8.13. The van der Waals surface area contributed by atoms with E-state index in [9.17, 15) is 13.2 Å². The Morgan fingerprint density at radius 3 is 2.71 bits per heavy atom. The zero-order valence-electron chi connectivity index (χ0n) is 12.3. The molecular formula is C13H21ClN2O4S. The van der Waals surface area contributed by atoms with Gasteiger partial charge in [0.05, 0.1) is 6.61 Å². The molecule has 8 heteroatoms. The van der Waals surface area contributed by atoms with E-state index in [1.165, 1.54) is 23.9 Å². The van der Waals surface area contributed by atoms with E-state index in [4.69, 9.17) is 15.4 Å². The summed E-state index contributed by atoms with van der Waals surface area (Å²) >= 11 is 0. The number of ether oxygens (including phenoxy) is 1. The summed E-state index contributed by atoms with van der Waals surface area (Å²) in [6.07, 6.45) is 4.34. The molecule has 0 fully saturated rings. The predicted octanol–water partition coefficient (Wildman–Crippen LogP) is 1.98. The van der Waals surface area contributed by atoms with Crippen LogP contribution in [-0.2, 0) is 20.3 Å². The van der Waals surface area contributed by atoms with E-state index in [2.05, 4.69) is 12.2 Å². The summed E-state index contributed by atoms with van der Waals surface area (Å²) in [6.45, 7) is 3.38. The third kappa shape index (κ3) is 5.68. The lowest BCUT2D eigenvalue weighted by Gasteiger charge is -2.09. The van der Waals surface area contributed by atoms with Crippen LogP contribution in [0.4, 0.5) is 0 Å². The first-order valence-electron chi connectivity index (χ1n) is 6.82. The molecular weight excluding hydrogens is 316 g/mol. The predicted molar refractivity (Wildman–Crippen MR) is 81.2 cm³/mol. The number of methoxy groups -OCH3 is 1. The normalized spacial score (nSPS) is 11.6. The number of halogens is 1. The van der Waals surface area contributed by atoms with Gasteiger partial charge < -0.3 is 14.6 Å². The zero-order chi connectivity index (χ0) is 15.9. The second-order valence-corrected chi connectivity index (χ2v) is 7.21. The molecule has 0 aliphatic rings. The quantitative estimate of drug-likeness (QED) is 0.552. The molecule has 1 heterocycles. The molecule has 0 radical (unpaired) electrons. The molecule has 0 aliphatic carbocycles. The molecule has 6 nitrogen and oxygen atoms in total. The summed E-state index contributed by atoms with van der Waals surface area (Å²) in [4.78, 5) is 12.0. The molecule has 21 heavy (non-hydrogen) atoms. The maximum Gasteiger partial charge on any atom is 0.267 e. The van der Waals surface area contributed by atoms with Crippen molar-refractivity contribution in [1.82, 2.24) is 9.88 Å². The van der Waals surface area contributed by atoms with E-state index in [1.807, 2.05) is 0 Å². The Bertz CT molecular complexity index is 569. The number of amides is 1. The minimum absolute atomic E-state index is 0.0843. The number of carbonyl (C=O) groups is 1. The maximum atomic E-state index is 12.1. The fourth-order valence-corrected chi connectivity index (χ4v) is 2.61. The Hall–Kier alpha value is -1.05. The van der Waals surface area contributed by atoms with Crippen LogP contribution in [0.15, 0.2) is 17.2 Å². The van der Waals surface area contributed by atoms with Crippen LogP contribution in [0.3, 0.4) is 0 Å². The maximum absolute atomic E-state index is 12.1.